The van der Waals surface area contributed by atoms with Gasteiger partial charge in [0.2, 0.25) is 5.95 Å². The Kier molecular flexibility index (Phi) is 5.39. The zero-order chi connectivity index (χ0) is 20.3. The highest BCUT2D eigenvalue weighted by molar-refractivity contribution is 5.65. The van der Waals surface area contributed by atoms with Crippen LogP contribution < -0.4 is 15.4 Å². The van der Waals surface area contributed by atoms with E-state index in [0.29, 0.717) is 34.6 Å². The van der Waals surface area contributed by atoms with Gasteiger partial charge < -0.3 is 15.4 Å². The molecule has 0 radical (unpaired) electrons. The van der Waals surface area contributed by atoms with E-state index in [1.165, 1.54) is 12.1 Å². The molecule has 8 heteroatoms. The summed E-state index contributed by atoms with van der Waals surface area (Å²) in [7, 11) is 1.57. The summed E-state index contributed by atoms with van der Waals surface area (Å²) in [5.41, 5.74) is 2.24. The normalized spacial score (nSPS) is 11.2. The Balaban J connectivity index is 1.83. The van der Waals surface area contributed by atoms with Crippen molar-refractivity contribution in [2.75, 3.05) is 17.7 Å². The second kappa shape index (κ2) is 7.75. The molecule has 0 fully saturated rings. The van der Waals surface area contributed by atoms with Gasteiger partial charge in [-0.15, -0.1) is 0 Å². The van der Waals surface area contributed by atoms with E-state index in [-0.39, 0.29) is 0 Å². The van der Waals surface area contributed by atoms with Crippen molar-refractivity contribution < 1.29 is 17.9 Å². The molecule has 0 saturated carbocycles. The molecule has 0 aliphatic carbocycles. The number of rotatable bonds is 5. The Morgan fingerprint density at radius 2 is 1.61 bits per heavy atom. The highest BCUT2D eigenvalue weighted by atomic mass is 19.4. The van der Waals surface area contributed by atoms with Crippen LogP contribution in [-0.2, 0) is 6.18 Å². The molecule has 0 atom stereocenters. The highest BCUT2D eigenvalue weighted by Gasteiger charge is 2.29. The van der Waals surface area contributed by atoms with Crippen LogP contribution in [0.4, 0.5) is 36.3 Å². The second-order valence-electron chi connectivity index (χ2n) is 6.25. The van der Waals surface area contributed by atoms with Gasteiger partial charge in [0, 0.05) is 17.4 Å². The molecule has 2 N–H and O–H groups in total. The minimum Gasteiger partial charge on any atom is -0.495 e. The number of nitrogens with zero attached hydrogens (tertiary/aromatic N) is 2. The average molecular weight is 388 g/mol. The maximum atomic E-state index is 12.7. The fraction of sp³-hybridized carbons (Fsp3) is 0.200. The molecule has 0 aliphatic rings. The van der Waals surface area contributed by atoms with Crippen molar-refractivity contribution in [2.24, 2.45) is 0 Å². The number of aromatic nitrogens is 2. The Hall–Kier alpha value is -3.29. The summed E-state index contributed by atoms with van der Waals surface area (Å²) in [5.74, 6) is 1.45. The first-order chi connectivity index (χ1) is 13.2. The summed E-state index contributed by atoms with van der Waals surface area (Å²) < 4.78 is 43.4. The van der Waals surface area contributed by atoms with Crippen molar-refractivity contribution in [1.29, 1.82) is 0 Å². The number of aryl methyl sites for hydroxylation is 2. The lowest BCUT2D eigenvalue weighted by molar-refractivity contribution is -0.137. The van der Waals surface area contributed by atoms with E-state index < -0.39 is 11.7 Å². The molecular weight excluding hydrogens is 369 g/mol. The predicted octanol–water partition coefficient (Wildman–Crippen LogP) is 5.61. The maximum Gasteiger partial charge on any atom is 0.416 e. The van der Waals surface area contributed by atoms with Crippen LogP contribution in [0.15, 0.2) is 48.5 Å². The number of hydrogen-bond acceptors (Lipinski definition) is 5. The van der Waals surface area contributed by atoms with Crippen molar-refractivity contribution in [1.82, 2.24) is 9.97 Å². The van der Waals surface area contributed by atoms with Crippen LogP contribution in [0.1, 0.15) is 16.8 Å². The van der Waals surface area contributed by atoms with E-state index in [9.17, 15) is 13.2 Å². The van der Waals surface area contributed by atoms with Crippen LogP contribution in [0.2, 0.25) is 0 Å². The van der Waals surface area contributed by atoms with Crippen molar-refractivity contribution in [3.05, 3.63) is 65.4 Å². The average Bonchev–Trinajstić information content (AvgIpc) is 2.61. The van der Waals surface area contributed by atoms with Crippen LogP contribution in [0.3, 0.4) is 0 Å². The number of alkyl halides is 3. The lowest BCUT2D eigenvalue weighted by atomic mass is 10.2. The molecule has 0 saturated heterocycles. The standard InChI is InChI=1S/C20H19F3N4O/c1-12-4-9-17(28-3)16(10-12)26-19-24-13(2)11-18(27-19)25-15-7-5-14(6-8-15)20(21,22)23/h4-11H,1-3H3,(H2,24,25,26,27). The van der Waals surface area contributed by atoms with Gasteiger partial charge in [0.15, 0.2) is 0 Å². The first-order valence-corrected chi connectivity index (χ1v) is 8.46. The Bertz CT molecular complexity index is 972. The van der Waals surface area contributed by atoms with Crippen molar-refractivity contribution in [3.63, 3.8) is 0 Å². The van der Waals surface area contributed by atoms with E-state index in [4.69, 9.17) is 4.74 Å². The molecular formula is C20H19F3N4O. The van der Waals surface area contributed by atoms with Gasteiger partial charge in [-0.3, -0.25) is 0 Å². The predicted molar refractivity (Wildman–Crippen MR) is 103 cm³/mol. The van der Waals surface area contributed by atoms with Crippen molar-refractivity contribution in [3.8, 4) is 5.75 Å². The topological polar surface area (TPSA) is 59.1 Å². The zero-order valence-electron chi connectivity index (χ0n) is 15.6. The molecule has 0 aliphatic heterocycles. The lowest BCUT2D eigenvalue weighted by Crippen LogP contribution is -2.05. The van der Waals surface area contributed by atoms with Gasteiger partial charge in [0.1, 0.15) is 11.6 Å². The Morgan fingerprint density at radius 3 is 2.25 bits per heavy atom. The number of hydrogen-bond donors (Lipinski definition) is 2. The van der Waals surface area contributed by atoms with Gasteiger partial charge in [0.05, 0.1) is 18.4 Å². The number of halogens is 3. The third kappa shape index (κ3) is 4.70. The lowest BCUT2D eigenvalue weighted by Gasteiger charge is -2.13. The van der Waals surface area contributed by atoms with Gasteiger partial charge in [-0.25, -0.2) is 4.98 Å². The van der Waals surface area contributed by atoms with Crippen LogP contribution in [0.25, 0.3) is 0 Å². The van der Waals surface area contributed by atoms with Crippen molar-refractivity contribution in [2.45, 2.75) is 20.0 Å². The second-order valence-corrected chi connectivity index (χ2v) is 6.25. The first kappa shape index (κ1) is 19.5. The molecule has 146 valence electrons. The van der Waals surface area contributed by atoms with Gasteiger partial charge in [0.25, 0.3) is 0 Å². The van der Waals surface area contributed by atoms with Gasteiger partial charge in [-0.1, -0.05) is 6.07 Å². The monoisotopic (exact) mass is 388 g/mol. The van der Waals surface area contributed by atoms with E-state index >= 15 is 0 Å². The van der Waals surface area contributed by atoms with Gasteiger partial charge in [-0.2, -0.15) is 18.2 Å². The molecule has 28 heavy (non-hydrogen) atoms. The maximum absolute atomic E-state index is 12.7. The smallest absolute Gasteiger partial charge is 0.416 e. The summed E-state index contributed by atoms with van der Waals surface area (Å²) in [6.07, 6.45) is -4.37. The Morgan fingerprint density at radius 1 is 0.893 bits per heavy atom. The SMILES string of the molecule is COc1ccc(C)cc1Nc1nc(C)cc(Nc2ccc(C(F)(F)F)cc2)n1. The van der Waals surface area contributed by atoms with Crippen LogP contribution in [0, 0.1) is 13.8 Å². The molecule has 3 rings (SSSR count). The molecule has 0 amide bonds. The van der Waals surface area contributed by atoms with E-state index in [2.05, 4.69) is 20.6 Å². The van der Waals surface area contributed by atoms with E-state index in [1.54, 1.807) is 20.1 Å². The molecule has 0 bridgehead atoms. The number of methoxy groups -OCH3 is 1. The summed E-state index contributed by atoms with van der Waals surface area (Å²) >= 11 is 0. The molecule has 1 aromatic heterocycles. The van der Waals surface area contributed by atoms with E-state index in [1.807, 2.05) is 25.1 Å². The molecule has 3 aromatic rings. The highest BCUT2D eigenvalue weighted by Crippen LogP contribution is 2.31. The summed E-state index contributed by atoms with van der Waals surface area (Å²) in [4.78, 5) is 8.74. The number of nitrogens with one attached hydrogen (secondary N) is 2. The molecule has 0 spiro atoms. The largest absolute Gasteiger partial charge is 0.495 e. The number of anilines is 4. The zero-order valence-corrected chi connectivity index (χ0v) is 15.6. The minimum absolute atomic E-state index is 0.346. The fourth-order valence-corrected chi connectivity index (χ4v) is 2.62. The Labute approximate surface area is 160 Å². The quantitative estimate of drug-likeness (QED) is 0.595. The fourth-order valence-electron chi connectivity index (χ4n) is 2.62. The summed E-state index contributed by atoms with van der Waals surface area (Å²) in [6.45, 7) is 3.76. The van der Waals surface area contributed by atoms with Gasteiger partial charge >= 0.3 is 6.18 Å². The minimum atomic E-state index is -4.37. The van der Waals surface area contributed by atoms with Crippen LogP contribution >= 0.6 is 0 Å². The molecule has 1 heterocycles. The van der Waals surface area contributed by atoms with Crippen molar-refractivity contribution >= 4 is 23.1 Å². The molecule has 5 nitrogen and oxygen atoms in total. The molecule has 0 unspecified atom stereocenters. The summed E-state index contributed by atoms with van der Waals surface area (Å²) in [6, 6.07) is 12.1. The van der Waals surface area contributed by atoms with E-state index in [0.717, 1.165) is 17.7 Å². The number of benzene rings is 2. The molecule has 2 aromatic carbocycles. The summed E-state index contributed by atoms with van der Waals surface area (Å²) in [5, 5.41) is 6.12. The van der Waals surface area contributed by atoms with Gasteiger partial charge in [-0.05, 0) is 55.8 Å². The number of ether oxygens (including phenoxy) is 1. The first-order valence-electron chi connectivity index (χ1n) is 8.46. The van der Waals surface area contributed by atoms with Crippen LogP contribution in [-0.4, -0.2) is 17.1 Å². The third-order valence-electron chi connectivity index (χ3n) is 3.94. The van der Waals surface area contributed by atoms with Crippen LogP contribution in [0.5, 0.6) is 5.75 Å². The third-order valence-corrected chi connectivity index (χ3v) is 3.94.